The van der Waals surface area contributed by atoms with Gasteiger partial charge in [0.25, 0.3) is 0 Å². The quantitative estimate of drug-likeness (QED) is 0.868. The van der Waals surface area contributed by atoms with Gasteiger partial charge in [-0.2, -0.15) is 0 Å². The van der Waals surface area contributed by atoms with Gasteiger partial charge in [-0.15, -0.1) is 0 Å². The largest absolute Gasteiger partial charge is 0.480 e. The van der Waals surface area contributed by atoms with E-state index in [4.69, 9.17) is 5.11 Å². The Morgan fingerprint density at radius 2 is 2.17 bits per heavy atom. The lowest BCUT2D eigenvalue weighted by Crippen LogP contribution is -2.38. The maximum atomic E-state index is 11.1. The first-order chi connectivity index (χ1) is 8.66. The van der Waals surface area contributed by atoms with Crippen molar-refractivity contribution in [2.75, 3.05) is 13.1 Å². The number of aliphatic carboxylic acids is 1. The lowest BCUT2D eigenvalue weighted by molar-refractivity contribution is -0.142. The first-order valence-corrected chi connectivity index (χ1v) is 6.67. The van der Waals surface area contributed by atoms with E-state index in [-0.39, 0.29) is 6.04 Å². The average molecular weight is 247 g/mol. The van der Waals surface area contributed by atoms with Crippen LogP contribution in [0.4, 0.5) is 0 Å². The van der Waals surface area contributed by atoms with Crippen LogP contribution in [0.3, 0.4) is 0 Å². The van der Waals surface area contributed by atoms with Crippen LogP contribution in [0.1, 0.15) is 25.3 Å². The third kappa shape index (κ3) is 3.33. The molecule has 2 atom stereocenters. The van der Waals surface area contributed by atoms with Crippen molar-refractivity contribution in [1.82, 2.24) is 4.90 Å². The van der Waals surface area contributed by atoms with Gasteiger partial charge in [0, 0.05) is 6.54 Å². The van der Waals surface area contributed by atoms with Crippen LogP contribution in [0.5, 0.6) is 0 Å². The number of nitrogens with zero attached hydrogens (tertiary/aromatic N) is 1. The van der Waals surface area contributed by atoms with Gasteiger partial charge in [0.15, 0.2) is 0 Å². The van der Waals surface area contributed by atoms with Crippen LogP contribution in [-0.2, 0) is 11.2 Å². The average Bonchev–Trinajstić information content (AvgIpc) is 2.78. The molecule has 1 heterocycles. The number of likely N-dealkylation sites (tertiary alicyclic amines) is 1. The molecular formula is C15H21NO2. The molecule has 1 N–H and O–H groups in total. The fraction of sp³-hybridized carbons (Fsp3) is 0.533. The van der Waals surface area contributed by atoms with E-state index >= 15 is 0 Å². The van der Waals surface area contributed by atoms with Crippen LogP contribution in [0.25, 0.3) is 0 Å². The Morgan fingerprint density at radius 1 is 1.44 bits per heavy atom. The third-order valence-electron chi connectivity index (χ3n) is 3.62. The summed E-state index contributed by atoms with van der Waals surface area (Å²) in [6, 6.07) is 10.1. The fourth-order valence-electron chi connectivity index (χ4n) is 2.81. The minimum atomic E-state index is -0.667. The molecule has 98 valence electrons. The lowest BCUT2D eigenvalue weighted by atomic mass is 10.0. The van der Waals surface area contributed by atoms with Gasteiger partial charge >= 0.3 is 5.97 Å². The molecule has 0 radical (unpaired) electrons. The topological polar surface area (TPSA) is 40.5 Å². The highest BCUT2D eigenvalue weighted by Crippen LogP contribution is 2.20. The van der Waals surface area contributed by atoms with Crippen LogP contribution >= 0.6 is 0 Å². The SMILES string of the molecule is CC(Cc1ccccc1)CN1CCC[C@H]1C(=O)O. The first-order valence-electron chi connectivity index (χ1n) is 6.67. The van der Waals surface area contributed by atoms with Crippen LogP contribution < -0.4 is 0 Å². The molecule has 1 aromatic carbocycles. The molecule has 3 nitrogen and oxygen atoms in total. The molecule has 18 heavy (non-hydrogen) atoms. The predicted molar refractivity (Wildman–Crippen MR) is 71.5 cm³/mol. The Kier molecular flexibility index (Phi) is 4.37. The maximum Gasteiger partial charge on any atom is 0.320 e. The summed E-state index contributed by atoms with van der Waals surface area (Å²) < 4.78 is 0. The summed E-state index contributed by atoms with van der Waals surface area (Å²) in [5.74, 6) is -0.174. The molecule has 0 spiro atoms. The highest BCUT2D eigenvalue weighted by atomic mass is 16.4. The summed E-state index contributed by atoms with van der Waals surface area (Å²) in [5, 5.41) is 9.14. The Balaban J connectivity index is 1.87. The molecule has 1 saturated heterocycles. The second-order valence-electron chi connectivity index (χ2n) is 5.29. The highest BCUT2D eigenvalue weighted by Gasteiger charge is 2.30. The van der Waals surface area contributed by atoms with Gasteiger partial charge < -0.3 is 5.11 Å². The highest BCUT2D eigenvalue weighted by molar-refractivity contribution is 5.73. The van der Waals surface area contributed by atoms with Gasteiger partial charge in [-0.25, -0.2) is 0 Å². The molecule has 0 amide bonds. The molecule has 0 bridgehead atoms. The molecule has 1 aliphatic heterocycles. The van der Waals surface area contributed by atoms with Crippen LogP contribution in [0, 0.1) is 5.92 Å². The zero-order valence-electron chi connectivity index (χ0n) is 10.9. The van der Waals surface area contributed by atoms with E-state index in [1.54, 1.807) is 0 Å². The summed E-state index contributed by atoms with van der Waals surface area (Å²) in [6.07, 6.45) is 2.83. The van der Waals surface area contributed by atoms with Crippen molar-refractivity contribution in [2.24, 2.45) is 5.92 Å². The number of hydrogen-bond donors (Lipinski definition) is 1. The second kappa shape index (κ2) is 6.01. The summed E-state index contributed by atoms with van der Waals surface area (Å²) in [7, 11) is 0. The number of benzene rings is 1. The molecule has 0 aliphatic carbocycles. The number of carboxylic acid groups (broad SMARTS) is 1. The van der Waals surface area contributed by atoms with Crippen molar-refractivity contribution in [3.05, 3.63) is 35.9 Å². The van der Waals surface area contributed by atoms with Gasteiger partial charge in [-0.3, -0.25) is 9.69 Å². The maximum absolute atomic E-state index is 11.1. The van der Waals surface area contributed by atoms with Gasteiger partial charge in [-0.05, 0) is 37.3 Å². The van der Waals surface area contributed by atoms with Crippen molar-refractivity contribution in [2.45, 2.75) is 32.2 Å². The zero-order valence-corrected chi connectivity index (χ0v) is 10.9. The van der Waals surface area contributed by atoms with E-state index in [0.717, 1.165) is 32.4 Å². The third-order valence-corrected chi connectivity index (χ3v) is 3.62. The minimum Gasteiger partial charge on any atom is -0.480 e. The first kappa shape index (κ1) is 13.1. The zero-order chi connectivity index (χ0) is 13.0. The molecule has 1 fully saturated rings. The van der Waals surface area contributed by atoms with Gasteiger partial charge in [0.2, 0.25) is 0 Å². The molecule has 1 unspecified atom stereocenters. The van der Waals surface area contributed by atoms with Crippen molar-refractivity contribution in [1.29, 1.82) is 0 Å². The van der Waals surface area contributed by atoms with E-state index in [1.807, 2.05) is 6.07 Å². The predicted octanol–water partition coefficient (Wildman–Crippen LogP) is 2.41. The second-order valence-corrected chi connectivity index (χ2v) is 5.29. The molecular weight excluding hydrogens is 226 g/mol. The fourth-order valence-corrected chi connectivity index (χ4v) is 2.81. The van der Waals surface area contributed by atoms with Crippen molar-refractivity contribution in [3.63, 3.8) is 0 Å². The van der Waals surface area contributed by atoms with E-state index in [1.165, 1.54) is 5.56 Å². The number of rotatable bonds is 5. The number of carboxylic acids is 1. The smallest absolute Gasteiger partial charge is 0.320 e. The molecule has 0 saturated carbocycles. The molecule has 1 aromatic rings. The Hall–Kier alpha value is -1.35. The van der Waals surface area contributed by atoms with Gasteiger partial charge in [0.05, 0.1) is 0 Å². The van der Waals surface area contributed by atoms with E-state index < -0.39 is 5.97 Å². The van der Waals surface area contributed by atoms with Gasteiger partial charge in [0.1, 0.15) is 6.04 Å². The van der Waals surface area contributed by atoms with Crippen molar-refractivity contribution >= 4 is 5.97 Å². The van der Waals surface area contributed by atoms with Crippen LogP contribution in [0.15, 0.2) is 30.3 Å². The van der Waals surface area contributed by atoms with Crippen LogP contribution in [-0.4, -0.2) is 35.1 Å². The Bertz CT molecular complexity index is 391. The van der Waals surface area contributed by atoms with Crippen molar-refractivity contribution in [3.8, 4) is 0 Å². The summed E-state index contributed by atoms with van der Waals surface area (Å²) in [6.45, 7) is 4.01. The van der Waals surface area contributed by atoms with E-state index in [9.17, 15) is 4.79 Å². The van der Waals surface area contributed by atoms with Crippen LogP contribution in [0.2, 0.25) is 0 Å². The molecule has 2 rings (SSSR count). The van der Waals surface area contributed by atoms with E-state index in [0.29, 0.717) is 5.92 Å². The summed E-state index contributed by atoms with van der Waals surface area (Å²) >= 11 is 0. The van der Waals surface area contributed by atoms with Crippen molar-refractivity contribution < 1.29 is 9.90 Å². The standard InChI is InChI=1S/C15H21NO2/c1-12(10-13-6-3-2-4-7-13)11-16-9-5-8-14(16)15(17)18/h2-4,6-7,12,14H,5,8-11H2,1H3,(H,17,18)/t12?,14-/m0/s1. The normalized spacial score (nSPS) is 21.9. The molecule has 3 heteroatoms. The number of carbonyl (C=O) groups is 1. The Labute approximate surface area is 108 Å². The lowest BCUT2D eigenvalue weighted by Gasteiger charge is -2.24. The minimum absolute atomic E-state index is 0.261. The molecule has 0 aromatic heterocycles. The summed E-state index contributed by atoms with van der Waals surface area (Å²) in [4.78, 5) is 13.2. The number of hydrogen-bond acceptors (Lipinski definition) is 2. The van der Waals surface area contributed by atoms with E-state index in [2.05, 4.69) is 36.1 Å². The summed E-state index contributed by atoms with van der Waals surface area (Å²) in [5.41, 5.74) is 1.33. The molecule has 1 aliphatic rings. The monoisotopic (exact) mass is 247 g/mol. The Morgan fingerprint density at radius 3 is 2.83 bits per heavy atom. The van der Waals surface area contributed by atoms with Gasteiger partial charge in [-0.1, -0.05) is 37.3 Å².